The highest BCUT2D eigenvalue weighted by molar-refractivity contribution is 5.93. The molecule has 0 aliphatic heterocycles. The van der Waals surface area contributed by atoms with Gasteiger partial charge in [-0.2, -0.15) is 0 Å². The smallest absolute Gasteiger partial charge is 0.326 e. The van der Waals surface area contributed by atoms with Crippen LogP contribution in [0, 0.1) is 5.92 Å². The van der Waals surface area contributed by atoms with E-state index in [1.54, 1.807) is 38.1 Å². The summed E-state index contributed by atoms with van der Waals surface area (Å²) in [6, 6.07) is 5.47. The highest BCUT2D eigenvalue weighted by Crippen LogP contribution is 2.23. The number of urea groups is 1. The van der Waals surface area contributed by atoms with E-state index in [2.05, 4.69) is 10.6 Å². The highest BCUT2D eigenvalue weighted by atomic mass is 16.5. The average molecular weight is 280 g/mol. The summed E-state index contributed by atoms with van der Waals surface area (Å²) in [5, 5.41) is 14.1. The molecule has 20 heavy (non-hydrogen) atoms. The van der Waals surface area contributed by atoms with Crippen molar-refractivity contribution in [3.8, 4) is 5.75 Å². The highest BCUT2D eigenvalue weighted by Gasteiger charge is 2.23. The Kier molecular flexibility index (Phi) is 5.83. The Balaban J connectivity index is 2.73. The molecule has 0 saturated carbocycles. The Morgan fingerprint density at radius 2 is 1.95 bits per heavy atom. The van der Waals surface area contributed by atoms with E-state index in [0.29, 0.717) is 18.0 Å². The molecule has 110 valence electrons. The Hall–Kier alpha value is -2.24. The van der Waals surface area contributed by atoms with E-state index in [1.165, 1.54) is 0 Å². The number of para-hydroxylation sites is 2. The summed E-state index contributed by atoms with van der Waals surface area (Å²) in [4.78, 5) is 22.9. The first-order valence-electron chi connectivity index (χ1n) is 6.47. The van der Waals surface area contributed by atoms with Gasteiger partial charge in [0.15, 0.2) is 0 Å². The molecule has 1 atom stereocenters. The molecule has 0 aliphatic carbocycles. The second kappa shape index (κ2) is 7.37. The van der Waals surface area contributed by atoms with Gasteiger partial charge in [-0.05, 0) is 25.0 Å². The number of benzene rings is 1. The molecule has 0 heterocycles. The van der Waals surface area contributed by atoms with Crippen molar-refractivity contribution in [2.75, 3.05) is 11.9 Å². The lowest BCUT2D eigenvalue weighted by Gasteiger charge is -2.19. The fourth-order valence-corrected chi connectivity index (χ4v) is 1.66. The zero-order valence-electron chi connectivity index (χ0n) is 11.8. The van der Waals surface area contributed by atoms with Crippen molar-refractivity contribution in [2.24, 2.45) is 5.92 Å². The molecule has 2 amide bonds. The Morgan fingerprint density at radius 3 is 2.50 bits per heavy atom. The number of amides is 2. The van der Waals surface area contributed by atoms with Crippen LogP contribution in [0.3, 0.4) is 0 Å². The van der Waals surface area contributed by atoms with Crippen LogP contribution in [-0.4, -0.2) is 29.8 Å². The first-order chi connectivity index (χ1) is 9.45. The zero-order valence-corrected chi connectivity index (χ0v) is 11.8. The minimum absolute atomic E-state index is 0.208. The second-order valence-corrected chi connectivity index (χ2v) is 4.59. The van der Waals surface area contributed by atoms with Crippen LogP contribution in [0.25, 0.3) is 0 Å². The predicted octanol–water partition coefficient (Wildman–Crippen LogP) is 2.32. The summed E-state index contributed by atoms with van der Waals surface area (Å²) in [5.41, 5.74) is 0.500. The molecule has 6 heteroatoms. The van der Waals surface area contributed by atoms with Crippen molar-refractivity contribution in [1.82, 2.24) is 5.32 Å². The normalized spacial score (nSPS) is 11.8. The van der Waals surface area contributed by atoms with Crippen molar-refractivity contribution >= 4 is 17.7 Å². The van der Waals surface area contributed by atoms with Gasteiger partial charge in [0.1, 0.15) is 11.8 Å². The van der Waals surface area contributed by atoms with Crippen LogP contribution in [0.5, 0.6) is 5.75 Å². The fraction of sp³-hybridized carbons (Fsp3) is 0.429. The average Bonchev–Trinajstić information content (AvgIpc) is 2.38. The molecule has 0 unspecified atom stereocenters. The van der Waals surface area contributed by atoms with E-state index in [9.17, 15) is 9.59 Å². The summed E-state index contributed by atoms with van der Waals surface area (Å²) < 4.78 is 5.38. The van der Waals surface area contributed by atoms with Crippen molar-refractivity contribution in [3.05, 3.63) is 24.3 Å². The Labute approximate surface area is 118 Å². The number of rotatable bonds is 6. The molecule has 6 nitrogen and oxygen atoms in total. The molecule has 0 radical (unpaired) electrons. The van der Waals surface area contributed by atoms with Gasteiger partial charge in [-0.1, -0.05) is 26.0 Å². The molecule has 1 aromatic rings. The molecule has 0 aromatic heterocycles. The molecule has 0 bridgehead atoms. The monoisotopic (exact) mass is 280 g/mol. The number of hydrogen-bond donors (Lipinski definition) is 3. The topological polar surface area (TPSA) is 87.7 Å². The molecular weight excluding hydrogens is 260 g/mol. The van der Waals surface area contributed by atoms with Gasteiger partial charge in [-0.3, -0.25) is 0 Å². The van der Waals surface area contributed by atoms with E-state index in [4.69, 9.17) is 9.84 Å². The van der Waals surface area contributed by atoms with Gasteiger partial charge in [0.25, 0.3) is 0 Å². The maximum atomic E-state index is 11.8. The van der Waals surface area contributed by atoms with Crippen LogP contribution in [0.15, 0.2) is 24.3 Å². The quantitative estimate of drug-likeness (QED) is 0.746. The second-order valence-electron chi connectivity index (χ2n) is 4.59. The number of anilines is 1. The maximum absolute atomic E-state index is 11.8. The van der Waals surface area contributed by atoms with Crippen LogP contribution >= 0.6 is 0 Å². The molecule has 0 aliphatic rings. The number of ether oxygens (including phenoxy) is 1. The van der Waals surface area contributed by atoms with Crippen LogP contribution in [0.4, 0.5) is 10.5 Å². The van der Waals surface area contributed by atoms with Gasteiger partial charge in [-0.25, -0.2) is 9.59 Å². The zero-order chi connectivity index (χ0) is 15.1. The number of aliphatic carboxylic acids is 1. The van der Waals surface area contributed by atoms with Crippen LogP contribution in [0.1, 0.15) is 20.8 Å². The van der Waals surface area contributed by atoms with E-state index in [-0.39, 0.29) is 5.92 Å². The number of carbonyl (C=O) groups is 2. The van der Waals surface area contributed by atoms with Crippen molar-refractivity contribution < 1.29 is 19.4 Å². The number of carboxylic acids is 1. The minimum atomic E-state index is -1.06. The molecule has 3 N–H and O–H groups in total. The standard InChI is InChI=1S/C14H20N2O4/c1-4-20-11-8-6-5-7-10(11)15-14(19)16-12(9(2)3)13(17)18/h5-9,12H,4H2,1-3H3,(H,17,18)(H2,15,16,19)/t12-/m0/s1. The van der Waals surface area contributed by atoms with E-state index >= 15 is 0 Å². The summed E-state index contributed by atoms with van der Waals surface area (Å²) in [6.45, 7) is 5.78. The summed E-state index contributed by atoms with van der Waals surface area (Å²) in [6.07, 6.45) is 0. The van der Waals surface area contributed by atoms with Gasteiger partial charge in [0, 0.05) is 0 Å². The fourth-order valence-electron chi connectivity index (χ4n) is 1.66. The van der Waals surface area contributed by atoms with Crippen LogP contribution in [0.2, 0.25) is 0 Å². The molecular formula is C14H20N2O4. The van der Waals surface area contributed by atoms with E-state index < -0.39 is 18.0 Å². The molecule has 1 aromatic carbocycles. The summed E-state index contributed by atoms with van der Waals surface area (Å²) >= 11 is 0. The lowest BCUT2D eigenvalue weighted by atomic mass is 10.1. The van der Waals surface area contributed by atoms with Gasteiger partial charge in [0.05, 0.1) is 12.3 Å². The molecule has 0 saturated heterocycles. The largest absolute Gasteiger partial charge is 0.492 e. The number of hydrogen-bond acceptors (Lipinski definition) is 3. The Morgan fingerprint density at radius 1 is 1.30 bits per heavy atom. The lowest BCUT2D eigenvalue weighted by Crippen LogP contribution is -2.46. The number of carbonyl (C=O) groups excluding carboxylic acids is 1. The van der Waals surface area contributed by atoms with Crippen molar-refractivity contribution in [1.29, 1.82) is 0 Å². The van der Waals surface area contributed by atoms with Gasteiger partial charge in [-0.15, -0.1) is 0 Å². The van der Waals surface area contributed by atoms with Gasteiger partial charge in [0.2, 0.25) is 0 Å². The van der Waals surface area contributed by atoms with Gasteiger partial charge < -0.3 is 20.5 Å². The van der Waals surface area contributed by atoms with Crippen molar-refractivity contribution in [3.63, 3.8) is 0 Å². The predicted molar refractivity (Wildman–Crippen MR) is 76.0 cm³/mol. The van der Waals surface area contributed by atoms with Crippen LogP contribution in [-0.2, 0) is 4.79 Å². The molecule has 0 fully saturated rings. The summed E-state index contributed by atoms with van der Waals surface area (Å²) in [7, 11) is 0. The maximum Gasteiger partial charge on any atom is 0.326 e. The number of carboxylic acid groups (broad SMARTS) is 1. The third-order valence-electron chi connectivity index (χ3n) is 2.65. The molecule has 1 rings (SSSR count). The summed E-state index contributed by atoms with van der Waals surface area (Å²) in [5.74, 6) is -0.727. The van der Waals surface area contributed by atoms with E-state index in [1.807, 2.05) is 6.92 Å². The third kappa shape index (κ3) is 4.46. The van der Waals surface area contributed by atoms with Crippen LogP contribution < -0.4 is 15.4 Å². The SMILES string of the molecule is CCOc1ccccc1NC(=O)N[C@H](C(=O)O)C(C)C. The van der Waals surface area contributed by atoms with E-state index in [0.717, 1.165) is 0 Å². The first kappa shape index (κ1) is 15.8. The third-order valence-corrected chi connectivity index (χ3v) is 2.65. The lowest BCUT2D eigenvalue weighted by molar-refractivity contribution is -0.140. The first-order valence-corrected chi connectivity index (χ1v) is 6.47. The Bertz CT molecular complexity index is 474. The number of nitrogens with one attached hydrogen (secondary N) is 2. The minimum Gasteiger partial charge on any atom is -0.492 e. The molecule has 0 spiro atoms. The van der Waals surface area contributed by atoms with Gasteiger partial charge >= 0.3 is 12.0 Å². The van der Waals surface area contributed by atoms with Crippen molar-refractivity contribution in [2.45, 2.75) is 26.8 Å².